The summed E-state index contributed by atoms with van der Waals surface area (Å²) >= 11 is 0. The van der Waals surface area contributed by atoms with Gasteiger partial charge in [0, 0.05) is 24.8 Å². The van der Waals surface area contributed by atoms with Crippen LogP contribution in [0.5, 0.6) is 0 Å². The lowest BCUT2D eigenvalue weighted by Crippen LogP contribution is -2.02. The molecule has 1 aliphatic heterocycles. The third-order valence-electron chi connectivity index (χ3n) is 4.66. The molecule has 0 unspecified atom stereocenters. The van der Waals surface area contributed by atoms with E-state index in [2.05, 4.69) is 0 Å². The summed E-state index contributed by atoms with van der Waals surface area (Å²) in [5, 5.41) is 8.38. The average molecular weight is 473 g/mol. The highest BCUT2D eigenvalue weighted by atomic mass is 16.5. The molecule has 2 aromatic carbocycles. The van der Waals surface area contributed by atoms with Crippen molar-refractivity contribution in [3.05, 3.63) is 71.8 Å². The van der Waals surface area contributed by atoms with E-state index >= 15 is 0 Å². The number of Topliss-reactive ketones (excluding diaryl/α,β-unsaturated/α-hetero) is 1. The number of carboxylic acids is 1. The molecule has 34 heavy (non-hydrogen) atoms. The quantitative estimate of drug-likeness (QED) is 0.382. The van der Waals surface area contributed by atoms with Gasteiger partial charge in [-0.25, -0.2) is 4.79 Å². The highest BCUT2D eigenvalue weighted by Crippen LogP contribution is 2.12. The first-order valence-corrected chi connectivity index (χ1v) is 11.0. The van der Waals surface area contributed by atoms with Crippen molar-refractivity contribution in [2.45, 2.75) is 72.6 Å². The van der Waals surface area contributed by atoms with E-state index in [1.54, 1.807) is 42.5 Å². The lowest BCUT2D eigenvalue weighted by molar-refractivity contribution is -0.142. The number of cyclic esters (lactones) is 1. The molecular formula is C28H40O6. The van der Waals surface area contributed by atoms with Crippen molar-refractivity contribution in [1.82, 2.24) is 0 Å². The van der Waals surface area contributed by atoms with Gasteiger partial charge in [-0.3, -0.25) is 14.4 Å². The Morgan fingerprint density at radius 3 is 1.65 bits per heavy atom. The molecule has 4 rings (SSSR count). The maximum absolute atomic E-state index is 10.5. The Morgan fingerprint density at radius 2 is 1.24 bits per heavy atom. The summed E-state index contributed by atoms with van der Waals surface area (Å²) in [6, 6.07) is 17.4. The number of carbonyl (C=O) groups excluding carboxylic acids is 3. The fourth-order valence-corrected chi connectivity index (χ4v) is 2.86. The number of ketones is 1. The minimum absolute atomic E-state index is 0. The first kappa shape index (κ1) is 32.9. The van der Waals surface area contributed by atoms with Crippen LogP contribution in [0.25, 0.3) is 0 Å². The molecular weight excluding hydrogens is 432 g/mol. The van der Waals surface area contributed by atoms with E-state index in [1.807, 2.05) is 18.2 Å². The van der Waals surface area contributed by atoms with Crippen molar-refractivity contribution >= 4 is 24.0 Å². The van der Waals surface area contributed by atoms with Crippen molar-refractivity contribution in [2.75, 3.05) is 6.61 Å². The van der Waals surface area contributed by atoms with Gasteiger partial charge in [0.2, 0.25) is 0 Å². The van der Waals surface area contributed by atoms with Crippen molar-refractivity contribution in [3.8, 4) is 0 Å². The van der Waals surface area contributed by atoms with Crippen LogP contribution in [0.4, 0.5) is 0 Å². The summed E-state index contributed by atoms with van der Waals surface area (Å²) < 4.78 is 4.76. The van der Waals surface area contributed by atoms with Crippen LogP contribution in [-0.2, 0) is 14.3 Å². The number of carbonyl (C=O) groups is 4. The van der Waals surface area contributed by atoms with Crippen molar-refractivity contribution in [3.63, 3.8) is 0 Å². The lowest BCUT2D eigenvalue weighted by Gasteiger charge is -2.05. The largest absolute Gasteiger partial charge is 0.478 e. The van der Waals surface area contributed by atoms with E-state index in [-0.39, 0.29) is 20.8 Å². The summed E-state index contributed by atoms with van der Waals surface area (Å²) in [6.45, 7) is 0.638. The molecule has 1 heterocycles. The number of benzene rings is 2. The molecule has 2 aliphatic rings. The zero-order valence-corrected chi connectivity index (χ0v) is 18.4. The normalized spacial score (nSPS) is 14.1. The Labute approximate surface area is 204 Å². The number of hydrogen-bond acceptors (Lipinski definition) is 5. The summed E-state index contributed by atoms with van der Waals surface area (Å²) in [5.74, 6) is -0.440. The Bertz CT molecular complexity index is 784. The predicted octanol–water partition coefficient (Wildman–Crippen LogP) is 6.78. The molecule has 188 valence electrons. The van der Waals surface area contributed by atoms with E-state index in [0.717, 1.165) is 56.8 Å². The predicted molar refractivity (Wildman–Crippen MR) is 136 cm³/mol. The number of rotatable bonds is 2. The van der Waals surface area contributed by atoms with Gasteiger partial charge in [0.15, 0.2) is 0 Å². The molecule has 6 heteroatoms. The van der Waals surface area contributed by atoms with E-state index in [4.69, 9.17) is 9.84 Å². The van der Waals surface area contributed by atoms with Gasteiger partial charge in [0.1, 0.15) is 12.1 Å². The molecule has 0 amide bonds. The summed E-state index contributed by atoms with van der Waals surface area (Å²) in [6.07, 6.45) is 9.90. The summed E-state index contributed by atoms with van der Waals surface area (Å²) in [4.78, 5) is 41.1. The fourth-order valence-electron chi connectivity index (χ4n) is 2.86. The van der Waals surface area contributed by atoms with E-state index in [1.165, 1.54) is 6.42 Å². The molecule has 1 N–H and O–H groups in total. The van der Waals surface area contributed by atoms with Crippen LogP contribution < -0.4 is 0 Å². The Hall–Kier alpha value is -3.28. The van der Waals surface area contributed by atoms with Crippen LogP contribution in [0, 0.1) is 0 Å². The number of esters is 1. The Morgan fingerprint density at radius 1 is 0.735 bits per heavy atom. The second-order valence-electron chi connectivity index (χ2n) is 7.33. The average Bonchev–Trinajstić information content (AvgIpc) is 3.09. The highest BCUT2D eigenvalue weighted by Gasteiger charge is 2.06. The molecule has 1 saturated heterocycles. The first-order chi connectivity index (χ1) is 15.5. The van der Waals surface area contributed by atoms with Gasteiger partial charge in [-0.15, -0.1) is 0 Å². The topological polar surface area (TPSA) is 97.7 Å². The second kappa shape index (κ2) is 21.6. The SMILES string of the molecule is C.C.O=C(O)c1ccccc1.O=C1CCCCC1.O=C1CCCCCO1.O=Cc1ccccc1. The minimum atomic E-state index is -0.879. The van der Waals surface area contributed by atoms with Crippen LogP contribution in [-0.4, -0.2) is 35.7 Å². The molecule has 2 aromatic rings. The minimum Gasteiger partial charge on any atom is -0.478 e. The third kappa shape index (κ3) is 17.3. The molecule has 0 bridgehead atoms. The van der Waals surface area contributed by atoms with Gasteiger partial charge in [-0.2, -0.15) is 0 Å². The summed E-state index contributed by atoms with van der Waals surface area (Å²) in [7, 11) is 0. The highest BCUT2D eigenvalue weighted by molar-refractivity contribution is 5.87. The van der Waals surface area contributed by atoms with Gasteiger partial charge in [0.05, 0.1) is 12.2 Å². The third-order valence-corrected chi connectivity index (χ3v) is 4.66. The maximum Gasteiger partial charge on any atom is 0.335 e. The molecule has 0 atom stereocenters. The maximum atomic E-state index is 10.5. The first-order valence-electron chi connectivity index (χ1n) is 11.0. The zero-order valence-electron chi connectivity index (χ0n) is 18.4. The van der Waals surface area contributed by atoms with Crippen LogP contribution in [0.15, 0.2) is 60.7 Å². The van der Waals surface area contributed by atoms with Gasteiger partial charge in [-0.05, 0) is 44.2 Å². The number of aldehydes is 1. The van der Waals surface area contributed by atoms with Gasteiger partial charge < -0.3 is 9.84 Å². The van der Waals surface area contributed by atoms with Crippen LogP contribution in [0.3, 0.4) is 0 Å². The summed E-state index contributed by atoms with van der Waals surface area (Å²) in [5.41, 5.74) is 1.06. The molecule has 6 nitrogen and oxygen atoms in total. The number of carboxylic acid groups (broad SMARTS) is 1. The van der Waals surface area contributed by atoms with E-state index < -0.39 is 5.97 Å². The van der Waals surface area contributed by atoms with E-state index in [9.17, 15) is 19.2 Å². The number of ether oxygens (including phenoxy) is 1. The van der Waals surface area contributed by atoms with Gasteiger partial charge in [-0.1, -0.05) is 69.8 Å². The number of aromatic carboxylic acids is 1. The second-order valence-corrected chi connectivity index (χ2v) is 7.33. The van der Waals surface area contributed by atoms with Gasteiger partial charge in [0.25, 0.3) is 0 Å². The van der Waals surface area contributed by atoms with Crippen LogP contribution >= 0.6 is 0 Å². The smallest absolute Gasteiger partial charge is 0.335 e. The van der Waals surface area contributed by atoms with Crippen molar-refractivity contribution in [2.24, 2.45) is 0 Å². The Balaban J connectivity index is 0. The van der Waals surface area contributed by atoms with Crippen molar-refractivity contribution < 1.29 is 29.0 Å². The zero-order chi connectivity index (χ0) is 23.4. The molecule has 2 fully saturated rings. The standard InChI is InChI=1S/C7H6O2.C7H6O.C6H10O2.C6H10O.2CH4/c8-7(9)6-4-2-1-3-5-6;8-6-7-4-2-1-3-5-7;7-6-4-2-1-3-5-8-6;7-6-4-2-1-3-5-6;;/h1-5H,(H,8,9);1-6H;1-5H2;1-5H2;2*1H4. The molecule has 0 spiro atoms. The number of hydrogen-bond donors (Lipinski definition) is 1. The lowest BCUT2D eigenvalue weighted by atomic mass is 10.00. The monoisotopic (exact) mass is 472 g/mol. The van der Waals surface area contributed by atoms with E-state index in [0.29, 0.717) is 24.4 Å². The van der Waals surface area contributed by atoms with Gasteiger partial charge >= 0.3 is 11.9 Å². The molecule has 1 aliphatic carbocycles. The fraction of sp³-hybridized carbons (Fsp3) is 0.429. The van der Waals surface area contributed by atoms with Crippen LogP contribution in [0.2, 0.25) is 0 Å². The molecule has 0 aromatic heterocycles. The van der Waals surface area contributed by atoms with Crippen LogP contribution in [0.1, 0.15) is 93.4 Å². The molecule has 1 saturated carbocycles. The molecule has 0 radical (unpaired) electrons. The Kier molecular flexibility index (Phi) is 20.9. The van der Waals surface area contributed by atoms with Crippen molar-refractivity contribution in [1.29, 1.82) is 0 Å².